The number of hydrogen-bond donors (Lipinski definition) is 3. The van der Waals surface area contributed by atoms with Crippen molar-refractivity contribution in [2.45, 2.75) is 52.1 Å². The van der Waals surface area contributed by atoms with E-state index in [2.05, 4.69) is 5.32 Å². The fraction of sp³-hybridized carbons (Fsp3) is 1.00. The maximum absolute atomic E-state index is 9.53. The summed E-state index contributed by atoms with van der Waals surface area (Å²) in [4.78, 5) is 0. The summed E-state index contributed by atoms with van der Waals surface area (Å²) < 4.78 is 10.5. The van der Waals surface area contributed by atoms with Crippen LogP contribution in [0.3, 0.4) is 0 Å². The van der Waals surface area contributed by atoms with E-state index in [1.165, 1.54) is 0 Å². The number of aliphatic hydroxyl groups is 2. The monoisotopic (exact) mass is 249 g/mol. The van der Waals surface area contributed by atoms with E-state index < -0.39 is 12.2 Å². The minimum absolute atomic E-state index is 0.120. The van der Waals surface area contributed by atoms with Crippen LogP contribution in [0.5, 0.6) is 0 Å². The smallest absolute Gasteiger partial charge is 0.0897 e. The second kappa shape index (κ2) is 9.79. The molecule has 3 N–H and O–H groups in total. The summed E-state index contributed by atoms with van der Waals surface area (Å²) in [6.45, 7) is 9.13. The highest BCUT2D eigenvalue weighted by Gasteiger charge is 2.08. The third-order valence-electron chi connectivity index (χ3n) is 2.00. The SMILES string of the molecule is CC(C)OC[C@H](O)CNC[C@@H](O)COC(C)C. The van der Waals surface area contributed by atoms with Gasteiger partial charge >= 0.3 is 0 Å². The van der Waals surface area contributed by atoms with Crippen LogP contribution < -0.4 is 5.32 Å². The van der Waals surface area contributed by atoms with E-state index in [1.54, 1.807) is 0 Å². The van der Waals surface area contributed by atoms with Gasteiger partial charge in [-0.2, -0.15) is 0 Å². The molecule has 0 spiro atoms. The molecule has 0 unspecified atom stereocenters. The summed E-state index contributed by atoms with van der Waals surface area (Å²) in [7, 11) is 0. The third kappa shape index (κ3) is 12.1. The lowest BCUT2D eigenvalue weighted by atomic mass is 10.3. The highest BCUT2D eigenvalue weighted by molar-refractivity contribution is 4.63. The Morgan fingerprint density at radius 1 is 0.824 bits per heavy atom. The fourth-order valence-corrected chi connectivity index (χ4v) is 1.14. The van der Waals surface area contributed by atoms with Gasteiger partial charge in [0.2, 0.25) is 0 Å². The summed E-state index contributed by atoms with van der Waals surface area (Å²) in [6, 6.07) is 0. The molecule has 0 aliphatic heterocycles. The lowest BCUT2D eigenvalue weighted by Gasteiger charge is -2.17. The van der Waals surface area contributed by atoms with E-state index in [1.807, 2.05) is 27.7 Å². The second-order valence-electron chi connectivity index (χ2n) is 4.73. The van der Waals surface area contributed by atoms with Gasteiger partial charge in [0.05, 0.1) is 37.6 Å². The zero-order valence-corrected chi connectivity index (χ0v) is 11.3. The molecule has 0 bridgehead atoms. The van der Waals surface area contributed by atoms with Crippen molar-refractivity contribution in [1.29, 1.82) is 0 Å². The van der Waals surface area contributed by atoms with Crippen LogP contribution in [0, 0.1) is 0 Å². The molecule has 0 fully saturated rings. The molecular weight excluding hydrogens is 222 g/mol. The topological polar surface area (TPSA) is 71.0 Å². The molecule has 0 aliphatic rings. The molecule has 0 saturated carbocycles. The number of aliphatic hydroxyl groups excluding tert-OH is 2. The van der Waals surface area contributed by atoms with Gasteiger partial charge in [-0.05, 0) is 27.7 Å². The normalized spacial score (nSPS) is 15.5. The molecule has 5 heteroatoms. The Bertz CT molecular complexity index is 158. The number of rotatable bonds is 10. The molecule has 0 aromatic carbocycles. The van der Waals surface area contributed by atoms with Crippen LogP contribution in [0.4, 0.5) is 0 Å². The van der Waals surface area contributed by atoms with Crippen molar-refractivity contribution in [3.63, 3.8) is 0 Å². The predicted molar refractivity (Wildman–Crippen MR) is 67.1 cm³/mol. The van der Waals surface area contributed by atoms with Gasteiger partial charge in [-0.25, -0.2) is 0 Å². The molecular formula is C12H27NO4. The molecule has 0 radical (unpaired) electrons. The Labute approximate surface area is 104 Å². The molecule has 0 aromatic rings. The largest absolute Gasteiger partial charge is 0.389 e. The minimum Gasteiger partial charge on any atom is -0.389 e. The maximum atomic E-state index is 9.53. The zero-order chi connectivity index (χ0) is 13.3. The van der Waals surface area contributed by atoms with E-state index in [0.717, 1.165) is 0 Å². The predicted octanol–water partition coefficient (Wildman–Crippen LogP) is 0.148. The van der Waals surface area contributed by atoms with Crippen LogP contribution in [0.25, 0.3) is 0 Å². The van der Waals surface area contributed by atoms with Gasteiger partial charge < -0.3 is 25.0 Å². The standard InChI is InChI=1S/C12H27NO4/c1-9(2)16-7-11(14)5-13-6-12(15)8-17-10(3)4/h9-15H,5-8H2,1-4H3/t11-,12-/m1/s1. The van der Waals surface area contributed by atoms with Crippen molar-refractivity contribution in [2.75, 3.05) is 26.3 Å². The van der Waals surface area contributed by atoms with Gasteiger partial charge in [0.1, 0.15) is 0 Å². The highest BCUT2D eigenvalue weighted by Crippen LogP contribution is 1.93. The second-order valence-corrected chi connectivity index (χ2v) is 4.73. The Kier molecular flexibility index (Phi) is 9.68. The fourth-order valence-electron chi connectivity index (χ4n) is 1.14. The molecule has 0 heterocycles. The van der Waals surface area contributed by atoms with Crippen LogP contribution in [0.1, 0.15) is 27.7 Å². The minimum atomic E-state index is -0.546. The number of hydrogen-bond acceptors (Lipinski definition) is 5. The highest BCUT2D eigenvalue weighted by atomic mass is 16.5. The molecule has 0 aliphatic carbocycles. The first-order valence-electron chi connectivity index (χ1n) is 6.21. The van der Waals surface area contributed by atoms with Crippen molar-refractivity contribution in [1.82, 2.24) is 5.32 Å². The maximum Gasteiger partial charge on any atom is 0.0897 e. The first-order valence-corrected chi connectivity index (χ1v) is 6.21. The van der Waals surface area contributed by atoms with Crippen molar-refractivity contribution in [3.05, 3.63) is 0 Å². The van der Waals surface area contributed by atoms with Gasteiger partial charge in [0, 0.05) is 13.1 Å². The van der Waals surface area contributed by atoms with Gasteiger partial charge in [-0.1, -0.05) is 0 Å². The molecule has 0 saturated heterocycles. The van der Waals surface area contributed by atoms with E-state index in [-0.39, 0.29) is 12.2 Å². The van der Waals surface area contributed by atoms with Gasteiger partial charge in [0.15, 0.2) is 0 Å². The third-order valence-corrected chi connectivity index (χ3v) is 2.00. The Morgan fingerprint density at radius 3 is 1.47 bits per heavy atom. The average Bonchev–Trinajstić information content (AvgIpc) is 2.23. The molecule has 2 atom stereocenters. The van der Waals surface area contributed by atoms with Gasteiger partial charge in [-0.3, -0.25) is 0 Å². The van der Waals surface area contributed by atoms with Crippen molar-refractivity contribution in [2.24, 2.45) is 0 Å². The van der Waals surface area contributed by atoms with E-state index in [9.17, 15) is 10.2 Å². The first-order chi connectivity index (χ1) is 7.91. The van der Waals surface area contributed by atoms with Crippen LogP contribution in [0.2, 0.25) is 0 Å². The Hall–Kier alpha value is -0.200. The van der Waals surface area contributed by atoms with Crippen LogP contribution >= 0.6 is 0 Å². The average molecular weight is 249 g/mol. The summed E-state index contributed by atoms with van der Waals surface area (Å²) >= 11 is 0. The zero-order valence-electron chi connectivity index (χ0n) is 11.3. The lowest BCUT2D eigenvalue weighted by Crippen LogP contribution is -2.37. The Balaban J connectivity index is 3.42. The lowest BCUT2D eigenvalue weighted by molar-refractivity contribution is -0.00401. The summed E-state index contributed by atoms with van der Waals surface area (Å²) in [6.07, 6.45) is -0.851. The number of nitrogens with one attached hydrogen (secondary N) is 1. The molecule has 0 amide bonds. The molecule has 0 rings (SSSR count). The van der Waals surface area contributed by atoms with E-state index >= 15 is 0 Å². The van der Waals surface area contributed by atoms with Crippen molar-refractivity contribution >= 4 is 0 Å². The van der Waals surface area contributed by atoms with Crippen LogP contribution in [-0.2, 0) is 9.47 Å². The van der Waals surface area contributed by atoms with E-state index in [4.69, 9.17) is 9.47 Å². The molecule has 5 nitrogen and oxygen atoms in total. The molecule has 17 heavy (non-hydrogen) atoms. The molecule has 104 valence electrons. The van der Waals surface area contributed by atoms with Gasteiger partial charge in [-0.15, -0.1) is 0 Å². The van der Waals surface area contributed by atoms with Crippen molar-refractivity contribution in [3.8, 4) is 0 Å². The van der Waals surface area contributed by atoms with Crippen LogP contribution in [0.15, 0.2) is 0 Å². The van der Waals surface area contributed by atoms with Crippen LogP contribution in [-0.4, -0.2) is 60.9 Å². The summed E-state index contributed by atoms with van der Waals surface area (Å²) in [5.41, 5.74) is 0. The van der Waals surface area contributed by atoms with Gasteiger partial charge in [0.25, 0.3) is 0 Å². The quantitative estimate of drug-likeness (QED) is 0.514. The Morgan fingerprint density at radius 2 is 1.18 bits per heavy atom. The first kappa shape index (κ1) is 16.8. The molecule has 0 aromatic heterocycles. The number of ether oxygens (including phenoxy) is 2. The summed E-state index contributed by atoms with van der Waals surface area (Å²) in [5.74, 6) is 0. The van der Waals surface area contributed by atoms with E-state index in [0.29, 0.717) is 26.3 Å². The summed E-state index contributed by atoms with van der Waals surface area (Å²) in [5, 5.41) is 22.0. The van der Waals surface area contributed by atoms with Crippen molar-refractivity contribution < 1.29 is 19.7 Å².